The van der Waals surface area contributed by atoms with Crippen LogP contribution in [0.1, 0.15) is 30.5 Å². The van der Waals surface area contributed by atoms with Gasteiger partial charge in [0.1, 0.15) is 0 Å². The van der Waals surface area contributed by atoms with Gasteiger partial charge in [-0.05, 0) is 37.5 Å². The summed E-state index contributed by atoms with van der Waals surface area (Å²) in [4.78, 5) is 8.51. The van der Waals surface area contributed by atoms with Gasteiger partial charge in [-0.15, -0.1) is 0 Å². The maximum Gasteiger partial charge on any atom is 0.416 e. The fraction of sp³-hybridized carbons (Fsp3) is 0.412. The first-order chi connectivity index (χ1) is 11.4. The standard InChI is InChI=1S/C17H18F3N3O/c18-17(19,20)12-6-4-11(5-7-12)16-21-9-8-13(23-16)10-22-14-2-1-3-15(14)24/h4-9,14-15,22,24H,1-3,10H2/t14-,15+/m0/s1. The summed E-state index contributed by atoms with van der Waals surface area (Å²) in [7, 11) is 0. The Kier molecular flexibility index (Phi) is 4.82. The lowest BCUT2D eigenvalue weighted by Gasteiger charge is -2.16. The van der Waals surface area contributed by atoms with E-state index in [0.717, 1.165) is 37.1 Å². The van der Waals surface area contributed by atoms with E-state index < -0.39 is 11.7 Å². The fourth-order valence-corrected chi connectivity index (χ4v) is 2.86. The van der Waals surface area contributed by atoms with Crippen LogP contribution in [0.2, 0.25) is 0 Å². The van der Waals surface area contributed by atoms with Crippen LogP contribution in [0, 0.1) is 0 Å². The fourth-order valence-electron chi connectivity index (χ4n) is 2.86. The highest BCUT2D eigenvalue weighted by molar-refractivity contribution is 5.55. The molecule has 0 bridgehead atoms. The molecule has 24 heavy (non-hydrogen) atoms. The zero-order valence-electron chi connectivity index (χ0n) is 12.9. The van der Waals surface area contributed by atoms with Crippen molar-refractivity contribution in [3.05, 3.63) is 47.8 Å². The summed E-state index contributed by atoms with van der Waals surface area (Å²) >= 11 is 0. The molecule has 0 saturated heterocycles. The smallest absolute Gasteiger partial charge is 0.392 e. The predicted octanol–water partition coefficient (Wildman–Crippen LogP) is 3.17. The minimum absolute atomic E-state index is 0.0643. The Balaban J connectivity index is 1.70. The molecule has 1 heterocycles. The highest BCUT2D eigenvalue weighted by Crippen LogP contribution is 2.30. The number of hydrogen-bond donors (Lipinski definition) is 2. The highest BCUT2D eigenvalue weighted by atomic mass is 19.4. The monoisotopic (exact) mass is 337 g/mol. The first-order valence-corrected chi connectivity index (χ1v) is 7.84. The zero-order chi connectivity index (χ0) is 17.2. The molecule has 1 saturated carbocycles. The molecule has 0 unspecified atom stereocenters. The molecular weight excluding hydrogens is 319 g/mol. The van der Waals surface area contributed by atoms with Crippen molar-refractivity contribution in [3.8, 4) is 11.4 Å². The van der Waals surface area contributed by atoms with Crippen LogP contribution in [0.5, 0.6) is 0 Å². The number of rotatable bonds is 4. The van der Waals surface area contributed by atoms with Crippen LogP contribution in [-0.4, -0.2) is 27.2 Å². The second-order valence-electron chi connectivity index (χ2n) is 5.93. The Morgan fingerprint density at radius 2 is 1.88 bits per heavy atom. The van der Waals surface area contributed by atoms with Gasteiger partial charge < -0.3 is 10.4 Å². The van der Waals surface area contributed by atoms with E-state index in [2.05, 4.69) is 15.3 Å². The van der Waals surface area contributed by atoms with Crippen LogP contribution >= 0.6 is 0 Å². The summed E-state index contributed by atoms with van der Waals surface area (Å²) in [6.07, 6.45) is -0.369. The van der Waals surface area contributed by atoms with Gasteiger partial charge in [-0.25, -0.2) is 9.97 Å². The number of benzene rings is 1. The van der Waals surface area contributed by atoms with Gasteiger partial charge in [0, 0.05) is 24.3 Å². The molecule has 0 radical (unpaired) electrons. The molecule has 2 N–H and O–H groups in total. The van der Waals surface area contributed by atoms with E-state index in [1.54, 1.807) is 12.3 Å². The van der Waals surface area contributed by atoms with Gasteiger partial charge in [-0.3, -0.25) is 0 Å². The first-order valence-electron chi connectivity index (χ1n) is 7.84. The number of hydrogen-bond acceptors (Lipinski definition) is 4. The van der Waals surface area contributed by atoms with Gasteiger partial charge in [-0.2, -0.15) is 13.2 Å². The van der Waals surface area contributed by atoms with Gasteiger partial charge in [0.2, 0.25) is 0 Å². The number of nitrogens with zero attached hydrogens (tertiary/aromatic N) is 2. The Morgan fingerprint density at radius 3 is 2.50 bits per heavy atom. The van der Waals surface area contributed by atoms with Crippen LogP contribution in [0.4, 0.5) is 13.2 Å². The van der Waals surface area contributed by atoms with E-state index in [0.29, 0.717) is 17.9 Å². The third-order valence-electron chi connectivity index (χ3n) is 4.21. The molecular formula is C17H18F3N3O. The SMILES string of the molecule is O[C@@H]1CCC[C@@H]1NCc1ccnc(-c2ccc(C(F)(F)F)cc2)n1. The zero-order valence-corrected chi connectivity index (χ0v) is 12.9. The van der Waals surface area contributed by atoms with Crippen molar-refractivity contribution in [1.82, 2.24) is 15.3 Å². The Labute approximate surface area is 137 Å². The Bertz CT molecular complexity index is 688. The molecule has 1 aromatic carbocycles. The van der Waals surface area contributed by atoms with E-state index in [4.69, 9.17) is 0 Å². The van der Waals surface area contributed by atoms with Crippen LogP contribution in [0.3, 0.4) is 0 Å². The number of alkyl halides is 3. The van der Waals surface area contributed by atoms with Crippen molar-refractivity contribution in [2.45, 2.75) is 44.1 Å². The number of halogens is 3. The van der Waals surface area contributed by atoms with E-state index >= 15 is 0 Å². The van der Waals surface area contributed by atoms with Gasteiger partial charge in [0.15, 0.2) is 5.82 Å². The molecule has 1 aromatic heterocycles. The second-order valence-corrected chi connectivity index (χ2v) is 5.93. The summed E-state index contributed by atoms with van der Waals surface area (Å²) in [5, 5.41) is 13.1. The third kappa shape index (κ3) is 3.91. The van der Waals surface area contributed by atoms with Crippen LogP contribution in [-0.2, 0) is 12.7 Å². The summed E-state index contributed by atoms with van der Waals surface area (Å²) in [6, 6.07) is 6.61. The van der Waals surface area contributed by atoms with E-state index in [1.807, 2.05) is 0 Å². The number of nitrogens with one attached hydrogen (secondary N) is 1. The van der Waals surface area contributed by atoms with Gasteiger partial charge in [-0.1, -0.05) is 12.1 Å². The third-order valence-corrected chi connectivity index (χ3v) is 4.21. The van der Waals surface area contributed by atoms with Crippen molar-refractivity contribution in [2.24, 2.45) is 0 Å². The molecule has 1 aliphatic carbocycles. The maximum atomic E-state index is 12.6. The van der Waals surface area contributed by atoms with Crippen LogP contribution in [0.15, 0.2) is 36.5 Å². The summed E-state index contributed by atoms with van der Waals surface area (Å²) in [6.45, 7) is 0.484. The summed E-state index contributed by atoms with van der Waals surface area (Å²) in [5.74, 6) is 0.384. The van der Waals surface area contributed by atoms with Gasteiger partial charge in [0.05, 0.1) is 17.4 Å². The Hall–Kier alpha value is -1.99. The van der Waals surface area contributed by atoms with Crippen LogP contribution in [0.25, 0.3) is 11.4 Å². The molecule has 0 amide bonds. The molecule has 7 heteroatoms. The molecule has 3 rings (SSSR count). The average Bonchev–Trinajstić information content (AvgIpc) is 2.98. The van der Waals surface area contributed by atoms with Crippen molar-refractivity contribution in [3.63, 3.8) is 0 Å². The number of aliphatic hydroxyl groups is 1. The van der Waals surface area contributed by atoms with Crippen LogP contribution < -0.4 is 5.32 Å². The lowest BCUT2D eigenvalue weighted by atomic mass is 10.1. The molecule has 1 fully saturated rings. The molecule has 128 valence electrons. The normalized spacial score (nSPS) is 21.2. The topological polar surface area (TPSA) is 58.0 Å². The quantitative estimate of drug-likeness (QED) is 0.900. The van der Waals surface area contributed by atoms with Gasteiger partial charge in [0.25, 0.3) is 0 Å². The van der Waals surface area contributed by atoms with Crippen molar-refractivity contribution < 1.29 is 18.3 Å². The van der Waals surface area contributed by atoms with Crippen molar-refractivity contribution in [2.75, 3.05) is 0 Å². The minimum atomic E-state index is -4.35. The molecule has 2 aromatic rings. The van der Waals surface area contributed by atoms with Crippen molar-refractivity contribution in [1.29, 1.82) is 0 Å². The van der Waals surface area contributed by atoms with E-state index in [9.17, 15) is 18.3 Å². The maximum absolute atomic E-state index is 12.6. The first kappa shape index (κ1) is 16.9. The highest BCUT2D eigenvalue weighted by Gasteiger charge is 2.30. The molecule has 2 atom stereocenters. The largest absolute Gasteiger partial charge is 0.416 e. The molecule has 0 spiro atoms. The molecule has 0 aliphatic heterocycles. The van der Waals surface area contributed by atoms with Crippen molar-refractivity contribution >= 4 is 0 Å². The second kappa shape index (κ2) is 6.86. The van der Waals surface area contributed by atoms with E-state index in [-0.39, 0.29) is 12.1 Å². The predicted molar refractivity (Wildman–Crippen MR) is 83.0 cm³/mol. The Morgan fingerprint density at radius 1 is 1.12 bits per heavy atom. The average molecular weight is 337 g/mol. The van der Waals surface area contributed by atoms with E-state index in [1.165, 1.54) is 12.1 Å². The summed E-state index contributed by atoms with van der Waals surface area (Å²) in [5.41, 5.74) is 0.573. The summed E-state index contributed by atoms with van der Waals surface area (Å²) < 4.78 is 37.8. The lowest BCUT2D eigenvalue weighted by molar-refractivity contribution is -0.137. The number of aromatic nitrogens is 2. The van der Waals surface area contributed by atoms with Gasteiger partial charge >= 0.3 is 6.18 Å². The molecule has 4 nitrogen and oxygen atoms in total. The lowest BCUT2D eigenvalue weighted by Crippen LogP contribution is -2.35. The molecule has 1 aliphatic rings. The number of aliphatic hydroxyl groups excluding tert-OH is 1. The minimum Gasteiger partial charge on any atom is -0.392 e.